The quantitative estimate of drug-likeness (QED) is 0.154. The Morgan fingerprint density at radius 3 is 1.22 bits per heavy atom. The number of fused-ring (bicyclic) bond motifs is 20. The highest BCUT2D eigenvalue weighted by atomic mass is 16.5. The molecule has 15 heteroatoms. The van der Waals surface area contributed by atoms with Gasteiger partial charge >= 0.3 is 0 Å². The molecule has 3 N–H and O–H groups in total. The number of nitrogens with zero attached hydrogens (tertiary/aromatic N) is 6. The molecule has 0 saturated carbocycles. The van der Waals surface area contributed by atoms with Crippen LogP contribution >= 0.6 is 0 Å². The second kappa shape index (κ2) is 12.5. The Kier molecular flexibility index (Phi) is 7.58. The predicted octanol–water partition coefficient (Wildman–Crippen LogP) is 6.96. The summed E-state index contributed by atoms with van der Waals surface area (Å²) in [4.78, 5) is 37.4. The van der Waals surface area contributed by atoms with E-state index in [0.29, 0.717) is 96.9 Å². The summed E-state index contributed by atoms with van der Waals surface area (Å²) >= 11 is 0. The van der Waals surface area contributed by atoms with Crippen molar-refractivity contribution in [2.24, 2.45) is 0 Å². The number of hydrogen-bond acceptors (Lipinski definition) is 13. The van der Waals surface area contributed by atoms with Crippen molar-refractivity contribution >= 4 is 49.8 Å². The van der Waals surface area contributed by atoms with E-state index >= 15 is 0 Å². The number of benzene rings is 4. The summed E-state index contributed by atoms with van der Waals surface area (Å²) in [5.74, 6) is 5.01. The molecule has 15 nitrogen and oxygen atoms in total. The maximum Gasteiger partial charge on any atom is 0.164 e. The summed E-state index contributed by atoms with van der Waals surface area (Å²) in [7, 11) is 11.4. The molecule has 8 bridgehead atoms. The van der Waals surface area contributed by atoms with Crippen LogP contribution in [0.15, 0.2) is 54.6 Å². The van der Waals surface area contributed by atoms with Crippen LogP contribution in [0, 0.1) is 0 Å². The molecule has 4 aromatic carbocycles. The zero-order chi connectivity index (χ0) is 37.2. The number of ether oxygens (including phenoxy) is 6. The first-order valence-corrected chi connectivity index (χ1v) is 16.8. The number of H-pyrrole nitrogens is 2. The minimum absolute atomic E-state index is 0.392. The molecule has 7 aromatic rings. The lowest BCUT2D eigenvalue weighted by atomic mass is 10.1. The normalized spacial score (nSPS) is 11.6. The van der Waals surface area contributed by atoms with Crippen LogP contribution < -0.4 is 33.7 Å². The third-order valence-electron chi connectivity index (χ3n) is 9.64. The molecule has 2 aliphatic heterocycles. The van der Waals surface area contributed by atoms with Crippen molar-refractivity contribution in [1.29, 1.82) is 0 Å². The monoisotopic (exact) mass is 723 g/mol. The average Bonchev–Trinajstić information content (AvgIpc) is 3.93. The van der Waals surface area contributed by atoms with E-state index in [1.165, 1.54) is 0 Å². The Balaban J connectivity index is 1.49. The van der Waals surface area contributed by atoms with E-state index in [0.717, 1.165) is 33.0 Å². The molecule has 0 aliphatic carbocycles. The zero-order valence-electron chi connectivity index (χ0n) is 30.3. The van der Waals surface area contributed by atoms with Gasteiger partial charge in [0.05, 0.1) is 48.3 Å². The van der Waals surface area contributed by atoms with Crippen molar-refractivity contribution in [3.63, 3.8) is 0 Å². The summed E-state index contributed by atoms with van der Waals surface area (Å²) < 4.78 is 34.2. The summed E-state index contributed by atoms with van der Waals surface area (Å²) in [6.07, 6.45) is 0. The average molecular weight is 724 g/mol. The molecular formula is C39H33N9O6. The third kappa shape index (κ3) is 4.96. The molecule has 9 rings (SSSR count). The summed E-state index contributed by atoms with van der Waals surface area (Å²) in [5.41, 5.74) is 5.65. The number of nitrogens with one attached hydrogen (secondary N) is 3. The highest BCUT2D eigenvalue weighted by molar-refractivity contribution is 6.07. The van der Waals surface area contributed by atoms with Crippen molar-refractivity contribution in [2.45, 2.75) is 0 Å². The van der Waals surface area contributed by atoms with E-state index in [-0.39, 0.29) is 0 Å². The van der Waals surface area contributed by atoms with E-state index in [2.05, 4.69) is 15.3 Å². The summed E-state index contributed by atoms with van der Waals surface area (Å²) in [6, 6.07) is 17.0. The summed E-state index contributed by atoms with van der Waals surface area (Å²) in [6.45, 7) is 0. The molecule has 54 heavy (non-hydrogen) atoms. The Hall–Kier alpha value is -7.16. The van der Waals surface area contributed by atoms with Gasteiger partial charge in [-0.25, -0.2) is 29.9 Å². The molecule has 2 aliphatic rings. The Morgan fingerprint density at radius 2 is 0.796 bits per heavy atom. The highest BCUT2D eigenvalue weighted by Gasteiger charge is 2.26. The van der Waals surface area contributed by atoms with E-state index in [4.69, 9.17) is 58.3 Å². The molecule has 0 unspecified atom stereocenters. The van der Waals surface area contributed by atoms with Gasteiger partial charge in [-0.2, -0.15) is 0 Å². The van der Waals surface area contributed by atoms with Crippen LogP contribution in [-0.2, 0) is 0 Å². The zero-order valence-corrected chi connectivity index (χ0v) is 30.3. The fourth-order valence-electron chi connectivity index (χ4n) is 6.94. The van der Waals surface area contributed by atoms with Gasteiger partial charge < -0.3 is 43.7 Å². The first-order chi connectivity index (χ1) is 26.4. The van der Waals surface area contributed by atoms with Crippen LogP contribution in [0.25, 0.3) is 89.7 Å². The topological polar surface area (TPSA) is 176 Å². The first-order valence-electron chi connectivity index (χ1n) is 16.8. The SMILES string of the molecule is CNc1cc2c(cc1OC)-c1nc-2nc2[nH]c(nc3nc(nc4[nH]c(n1)c1cc(OC)c(OC)cc41)-c1cc(OC)c(OC)cc1-3)c1cc(OC)ccc21. The van der Waals surface area contributed by atoms with Gasteiger partial charge in [-0.05, 0) is 54.6 Å². The molecule has 0 amide bonds. The fraction of sp³-hybridized carbons (Fsp3) is 0.179. The van der Waals surface area contributed by atoms with E-state index < -0.39 is 0 Å². The van der Waals surface area contributed by atoms with Crippen LogP contribution in [0.3, 0.4) is 0 Å². The van der Waals surface area contributed by atoms with Gasteiger partial charge in [-0.3, -0.25) is 0 Å². The Labute approximate surface area is 307 Å². The third-order valence-corrected chi connectivity index (χ3v) is 9.64. The molecule has 5 heterocycles. The van der Waals surface area contributed by atoms with Crippen LogP contribution in [0.2, 0.25) is 0 Å². The number of rotatable bonds is 7. The second-order valence-electron chi connectivity index (χ2n) is 12.4. The van der Waals surface area contributed by atoms with Gasteiger partial charge in [0.2, 0.25) is 0 Å². The molecule has 0 radical (unpaired) electrons. The van der Waals surface area contributed by atoms with Crippen molar-refractivity contribution in [3.8, 4) is 80.0 Å². The maximum atomic E-state index is 5.75. The van der Waals surface area contributed by atoms with E-state index in [1.807, 2.05) is 61.6 Å². The van der Waals surface area contributed by atoms with Gasteiger partial charge in [0.25, 0.3) is 0 Å². The maximum absolute atomic E-state index is 5.75. The van der Waals surface area contributed by atoms with Gasteiger partial charge in [0.1, 0.15) is 34.1 Å². The highest BCUT2D eigenvalue weighted by Crippen LogP contribution is 2.44. The first kappa shape index (κ1) is 32.7. The standard InChI is InChI=1S/C39H33N9O6/c1-40-26-11-20-21(12-27(26)50-3)35-44-34(20)42-32-18-9-8-17(49-2)10-19(18)33(41-32)43-36-22-13-28(51-4)29(52-5)14-23(22)38(46-36)48-39-25-16-31(54-7)30(53-6)15-24(25)37(45-35)47-39/h8-16,40H,1-7H3,(H2,41,42,43,44,45,46,47,48). The van der Waals surface area contributed by atoms with Crippen molar-refractivity contribution < 1.29 is 28.4 Å². The van der Waals surface area contributed by atoms with Gasteiger partial charge in [0, 0.05) is 50.8 Å². The number of anilines is 1. The summed E-state index contributed by atoms with van der Waals surface area (Å²) in [5, 5.41) is 6.23. The molecule has 0 fully saturated rings. The molecule has 270 valence electrons. The number of hydrogen-bond donors (Lipinski definition) is 3. The number of aromatic nitrogens is 8. The van der Waals surface area contributed by atoms with Crippen molar-refractivity contribution in [3.05, 3.63) is 54.6 Å². The Morgan fingerprint density at radius 1 is 0.407 bits per heavy atom. The van der Waals surface area contributed by atoms with E-state index in [1.54, 1.807) is 42.7 Å². The van der Waals surface area contributed by atoms with E-state index in [9.17, 15) is 0 Å². The van der Waals surface area contributed by atoms with Crippen LogP contribution in [0.1, 0.15) is 0 Å². The lowest BCUT2D eigenvalue weighted by Crippen LogP contribution is -1.95. The van der Waals surface area contributed by atoms with Crippen molar-refractivity contribution in [2.75, 3.05) is 55.0 Å². The molecule has 0 spiro atoms. The van der Waals surface area contributed by atoms with Crippen LogP contribution in [0.5, 0.6) is 34.5 Å². The fourth-order valence-corrected chi connectivity index (χ4v) is 6.94. The van der Waals surface area contributed by atoms with Crippen LogP contribution in [0.4, 0.5) is 5.69 Å². The molecule has 3 aromatic heterocycles. The number of aromatic amines is 2. The Bertz CT molecular complexity index is 2860. The lowest BCUT2D eigenvalue weighted by Gasteiger charge is -2.10. The largest absolute Gasteiger partial charge is 0.497 e. The molecular weight excluding hydrogens is 690 g/mol. The lowest BCUT2D eigenvalue weighted by molar-refractivity contribution is 0.355. The minimum atomic E-state index is 0.392. The smallest absolute Gasteiger partial charge is 0.164 e. The predicted molar refractivity (Wildman–Crippen MR) is 205 cm³/mol. The van der Waals surface area contributed by atoms with Crippen LogP contribution in [-0.4, -0.2) is 89.6 Å². The second-order valence-corrected chi connectivity index (χ2v) is 12.4. The van der Waals surface area contributed by atoms with Gasteiger partial charge in [-0.1, -0.05) is 0 Å². The van der Waals surface area contributed by atoms with Gasteiger partial charge in [-0.15, -0.1) is 0 Å². The molecule has 0 atom stereocenters. The van der Waals surface area contributed by atoms with Crippen molar-refractivity contribution in [1.82, 2.24) is 39.9 Å². The molecule has 0 saturated heterocycles. The number of methoxy groups -OCH3 is 6. The minimum Gasteiger partial charge on any atom is -0.497 e. The van der Waals surface area contributed by atoms with Gasteiger partial charge in [0.15, 0.2) is 46.3 Å².